The summed E-state index contributed by atoms with van der Waals surface area (Å²) in [5, 5.41) is 11.8. The molecule has 2 rings (SSSR count). The Morgan fingerprint density at radius 2 is 1.78 bits per heavy atom. The van der Waals surface area contributed by atoms with Gasteiger partial charge >= 0.3 is 0 Å². The lowest BCUT2D eigenvalue weighted by atomic mass is 9.87. The molecule has 1 heterocycles. The summed E-state index contributed by atoms with van der Waals surface area (Å²) in [6, 6.07) is 0. The lowest BCUT2D eigenvalue weighted by Gasteiger charge is -2.35. The first kappa shape index (κ1) is 13.2. The van der Waals surface area contributed by atoms with E-state index in [0.29, 0.717) is 6.54 Å². The van der Waals surface area contributed by atoms with Crippen LogP contribution in [0, 0.1) is 11.8 Å². The number of rotatable bonds is 2. The van der Waals surface area contributed by atoms with Gasteiger partial charge in [0.2, 0.25) is 5.91 Å². The smallest absolute Gasteiger partial charge is 0.225 e. The molecule has 3 N–H and O–H groups in total. The first-order valence-electron chi connectivity index (χ1n) is 6.98. The largest absolute Gasteiger partial charge is 0.409 e. The van der Waals surface area contributed by atoms with Crippen LogP contribution in [-0.2, 0) is 4.79 Å². The summed E-state index contributed by atoms with van der Waals surface area (Å²) in [7, 11) is 0. The van der Waals surface area contributed by atoms with Gasteiger partial charge in [-0.1, -0.05) is 24.4 Å². The van der Waals surface area contributed by atoms with Crippen LogP contribution in [0.5, 0.6) is 0 Å². The quantitative estimate of drug-likeness (QED) is 0.339. The average molecular weight is 253 g/mol. The van der Waals surface area contributed by atoms with Crippen molar-refractivity contribution in [2.24, 2.45) is 22.7 Å². The highest BCUT2D eigenvalue weighted by Crippen LogP contribution is 2.27. The van der Waals surface area contributed by atoms with Gasteiger partial charge in [-0.2, -0.15) is 0 Å². The molecule has 2 aliphatic rings. The minimum atomic E-state index is 0.0243. The van der Waals surface area contributed by atoms with E-state index >= 15 is 0 Å². The number of amides is 1. The first-order chi connectivity index (χ1) is 8.72. The topological polar surface area (TPSA) is 78.9 Å². The number of carbonyl (C=O) groups is 1. The molecule has 0 spiro atoms. The molecule has 0 aromatic heterocycles. The van der Waals surface area contributed by atoms with Crippen LogP contribution in [0.2, 0.25) is 0 Å². The number of hydrogen-bond donors (Lipinski definition) is 2. The molecule has 1 aliphatic carbocycles. The second-order valence-corrected chi connectivity index (χ2v) is 5.48. The van der Waals surface area contributed by atoms with Gasteiger partial charge in [0.1, 0.15) is 5.84 Å². The van der Waals surface area contributed by atoms with E-state index < -0.39 is 0 Å². The number of piperidine rings is 1. The molecule has 0 bridgehead atoms. The Labute approximate surface area is 108 Å². The number of likely N-dealkylation sites (tertiary alicyclic amines) is 1. The van der Waals surface area contributed by atoms with E-state index in [4.69, 9.17) is 10.9 Å². The van der Waals surface area contributed by atoms with Crippen LogP contribution in [0.1, 0.15) is 44.9 Å². The van der Waals surface area contributed by atoms with Gasteiger partial charge in [-0.05, 0) is 25.7 Å². The fourth-order valence-electron chi connectivity index (χ4n) is 3.11. The maximum atomic E-state index is 12.4. The third-order valence-electron chi connectivity index (χ3n) is 4.22. The molecule has 1 saturated carbocycles. The lowest BCUT2D eigenvalue weighted by molar-refractivity contribution is -0.137. The highest BCUT2D eigenvalue weighted by atomic mass is 16.4. The number of amidine groups is 1. The van der Waals surface area contributed by atoms with E-state index in [9.17, 15) is 4.79 Å². The Morgan fingerprint density at radius 1 is 1.11 bits per heavy atom. The summed E-state index contributed by atoms with van der Waals surface area (Å²) >= 11 is 0. The van der Waals surface area contributed by atoms with Gasteiger partial charge in [0.05, 0.1) is 0 Å². The van der Waals surface area contributed by atoms with Crippen molar-refractivity contribution in [2.75, 3.05) is 13.1 Å². The predicted molar refractivity (Wildman–Crippen MR) is 69.3 cm³/mol. The zero-order valence-electron chi connectivity index (χ0n) is 10.8. The summed E-state index contributed by atoms with van der Waals surface area (Å²) < 4.78 is 0. The molecule has 5 nitrogen and oxygen atoms in total. The molecule has 1 unspecified atom stereocenters. The molecule has 0 aromatic carbocycles. The number of nitrogens with zero attached hydrogens (tertiary/aromatic N) is 2. The summed E-state index contributed by atoms with van der Waals surface area (Å²) in [6.07, 6.45) is 7.52. The third kappa shape index (κ3) is 2.94. The van der Waals surface area contributed by atoms with Gasteiger partial charge in [-0.25, -0.2) is 0 Å². The van der Waals surface area contributed by atoms with Crippen molar-refractivity contribution in [3.63, 3.8) is 0 Å². The van der Waals surface area contributed by atoms with E-state index in [-0.39, 0.29) is 23.6 Å². The maximum Gasteiger partial charge on any atom is 0.225 e. The predicted octanol–water partition coefficient (Wildman–Crippen LogP) is 1.55. The van der Waals surface area contributed by atoms with Crippen molar-refractivity contribution in [1.29, 1.82) is 0 Å². The molecule has 18 heavy (non-hydrogen) atoms. The molecule has 102 valence electrons. The van der Waals surface area contributed by atoms with E-state index in [1.807, 2.05) is 4.90 Å². The minimum Gasteiger partial charge on any atom is -0.409 e. The zero-order valence-corrected chi connectivity index (χ0v) is 10.8. The number of oxime groups is 1. The summed E-state index contributed by atoms with van der Waals surface area (Å²) in [5.74, 6) is 0.780. The van der Waals surface area contributed by atoms with Crippen molar-refractivity contribution >= 4 is 11.7 Å². The van der Waals surface area contributed by atoms with Crippen molar-refractivity contribution in [3.8, 4) is 0 Å². The van der Waals surface area contributed by atoms with Crippen LogP contribution in [0.4, 0.5) is 0 Å². The summed E-state index contributed by atoms with van der Waals surface area (Å²) in [4.78, 5) is 14.3. The van der Waals surface area contributed by atoms with E-state index in [1.54, 1.807) is 0 Å². The van der Waals surface area contributed by atoms with E-state index in [1.165, 1.54) is 19.3 Å². The third-order valence-corrected chi connectivity index (χ3v) is 4.22. The maximum absolute atomic E-state index is 12.4. The second-order valence-electron chi connectivity index (χ2n) is 5.48. The van der Waals surface area contributed by atoms with Gasteiger partial charge < -0.3 is 15.8 Å². The Bertz CT molecular complexity index is 324. The Balaban J connectivity index is 1.93. The van der Waals surface area contributed by atoms with Crippen LogP contribution in [0.25, 0.3) is 0 Å². The summed E-state index contributed by atoms with van der Waals surface area (Å²) in [5.41, 5.74) is 5.65. The normalized spacial score (nSPS) is 27.2. The molecule has 0 radical (unpaired) electrons. The molecule has 2 fully saturated rings. The molecular weight excluding hydrogens is 230 g/mol. The Kier molecular flexibility index (Phi) is 4.44. The molecule has 0 aromatic rings. The van der Waals surface area contributed by atoms with Crippen molar-refractivity contribution in [1.82, 2.24) is 4.90 Å². The SMILES string of the molecule is NC(=NO)C1CCCN(C(=O)C2CCCCC2)C1. The number of carbonyl (C=O) groups excluding carboxylic acids is 1. The van der Waals surface area contributed by atoms with Crippen LogP contribution in [0.3, 0.4) is 0 Å². The van der Waals surface area contributed by atoms with Gasteiger partial charge in [0.25, 0.3) is 0 Å². The van der Waals surface area contributed by atoms with Gasteiger partial charge in [0, 0.05) is 24.9 Å². The second kappa shape index (κ2) is 6.07. The molecule has 5 heteroatoms. The van der Waals surface area contributed by atoms with Crippen molar-refractivity contribution < 1.29 is 10.0 Å². The monoisotopic (exact) mass is 253 g/mol. The standard InChI is InChI=1S/C13H23N3O2/c14-12(15-18)11-7-4-8-16(9-11)13(17)10-5-2-1-3-6-10/h10-11,18H,1-9H2,(H2,14,15). The highest BCUT2D eigenvalue weighted by molar-refractivity contribution is 5.84. The number of hydrogen-bond acceptors (Lipinski definition) is 3. The molecular formula is C13H23N3O2. The Morgan fingerprint density at radius 3 is 2.44 bits per heavy atom. The zero-order chi connectivity index (χ0) is 13.0. The van der Waals surface area contributed by atoms with E-state index in [0.717, 1.165) is 32.2 Å². The van der Waals surface area contributed by atoms with Crippen LogP contribution >= 0.6 is 0 Å². The molecule has 1 aliphatic heterocycles. The summed E-state index contributed by atoms with van der Waals surface area (Å²) in [6.45, 7) is 1.44. The van der Waals surface area contributed by atoms with Crippen LogP contribution in [0.15, 0.2) is 5.16 Å². The lowest BCUT2D eigenvalue weighted by Crippen LogP contribution is -2.46. The minimum absolute atomic E-state index is 0.0243. The number of nitrogens with two attached hydrogens (primary N) is 1. The molecule has 1 atom stereocenters. The highest BCUT2D eigenvalue weighted by Gasteiger charge is 2.30. The first-order valence-corrected chi connectivity index (χ1v) is 6.98. The van der Waals surface area contributed by atoms with Crippen LogP contribution < -0.4 is 5.73 Å². The fourth-order valence-corrected chi connectivity index (χ4v) is 3.11. The van der Waals surface area contributed by atoms with Crippen molar-refractivity contribution in [2.45, 2.75) is 44.9 Å². The van der Waals surface area contributed by atoms with Gasteiger partial charge in [0.15, 0.2) is 0 Å². The molecule has 1 amide bonds. The average Bonchev–Trinajstić information content (AvgIpc) is 2.46. The molecule has 1 saturated heterocycles. The van der Waals surface area contributed by atoms with Gasteiger partial charge in [-0.15, -0.1) is 0 Å². The van der Waals surface area contributed by atoms with Crippen molar-refractivity contribution in [3.05, 3.63) is 0 Å². The fraction of sp³-hybridized carbons (Fsp3) is 0.846. The van der Waals surface area contributed by atoms with E-state index in [2.05, 4.69) is 5.16 Å². The van der Waals surface area contributed by atoms with Gasteiger partial charge in [-0.3, -0.25) is 4.79 Å². The van der Waals surface area contributed by atoms with Crippen LogP contribution in [-0.4, -0.2) is 34.9 Å². The Hall–Kier alpha value is -1.26.